The second kappa shape index (κ2) is 13.5. The van der Waals surface area contributed by atoms with Gasteiger partial charge in [-0.25, -0.2) is 8.42 Å². The van der Waals surface area contributed by atoms with Crippen LogP contribution in [-0.4, -0.2) is 50.5 Å². The summed E-state index contributed by atoms with van der Waals surface area (Å²) < 4.78 is 26.5. The Morgan fingerprint density at radius 1 is 1.05 bits per heavy atom. The van der Waals surface area contributed by atoms with Crippen molar-refractivity contribution in [3.05, 3.63) is 63.1 Å². The van der Waals surface area contributed by atoms with Gasteiger partial charge in [0.15, 0.2) is 0 Å². The molecule has 1 N–H and O–H groups in total. The van der Waals surface area contributed by atoms with Gasteiger partial charge in [0.05, 0.1) is 11.9 Å². The summed E-state index contributed by atoms with van der Waals surface area (Å²) in [6.45, 7) is 10.2. The van der Waals surface area contributed by atoms with Gasteiger partial charge in [-0.2, -0.15) is 0 Å². The van der Waals surface area contributed by atoms with E-state index in [-0.39, 0.29) is 43.7 Å². The third-order valence-electron chi connectivity index (χ3n) is 6.20. The number of nitrogens with zero attached hydrogens (tertiary/aromatic N) is 2. The Kier molecular flexibility index (Phi) is 11.3. The number of carbonyl (C=O) groups is 2. The van der Waals surface area contributed by atoms with Crippen LogP contribution in [0.1, 0.15) is 50.3 Å². The van der Waals surface area contributed by atoms with Crippen molar-refractivity contribution < 1.29 is 18.0 Å². The standard InChI is InChI=1S/C27H37Cl2N3O4S/c1-18(2)16-30-27(34)21(5)31(17-22-12-13-23(28)15-24(22)29)26(33)11-8-14-32(37(6,35)36)25-10-7-9-19(3)20(25)4/h7,9-10,12-13,15,18,21H,8,11,14,16-17H2,1-6H3,(H,30,34)/t21-/m1/s1. The van der Waals surface area contributed by atoms with Gasteiger partial charge in [-0.1, -0.05) is 55.2 Å². The Balaban J connectivity index is 2.23. The van der Waals surface area contributed by atoms with Crippen molar-refractivity contribution in [1.82, 2.24) is 10.2 Å². The first-order valence-electron chi connectivity index (χ1n) is 12.3. The molecule has 0 heterocycles. The number of halogens is 2. The van der Waals surface area contributed by atoms with Crippen molar-refractivity contribution in [2.45, 2.75) is 60.0 Å². The van der Waals surface area contributed by atoms with Crippen molar-refractivity contribution in [2.75, 3.05) is 23.7 Å². The predicted octanol–water partition coefficient (Wildman–Crippen LogP) is 5.35. The van der Waals surface area contributed by atoms with E-state index < -0.39 is 16.1 Å². The minimum atomic E-state index is -3.56. The lowest BCUT2D eigenvalue weighted by molar-refractivity contribution is -0.140. The number of hydrogen-bond donors (Lipinski definition) is 1. The first-order chi connectivity index (χ1) is 17.2. The number of carbonyl (C=O) groups excluding carboxylic acids is 2. The average molecular weight is 571 g/mol. The van der Waals surface area contributed by atoms with Gasteiger partial charge in [0.1, 0.15) is 6.04 Å². The molecule has 10 heteroatoms. The van der Waals surface area contributed by atoms with Gasteiger partial charge in [-0.15, -0.1) is 0 Å². The van der Waals surface area contributed by atoms with Crippen molar-refractivity contribution in [2.24, 2.45) is 5.92 Å². The van der Waals surface area contributed by atoms with Crippen molar-refractivity contribution >= 4 is 50.7 Å². The first-order valence-corrected chi connectivity index (χ1v) is 14.9. The van der Waals surface area contributed by atoms with E-state index in [2.05, 4.69) is 5.32 Å². The smallest absolute Gasteiger partial charge is 0.242 e. The molecule has 37 heavy (non-hydrogen) atoms. The normalized spacial score (nSPS) is 12.4. The number of aryl methyl sites for hydroxylation is 1. The molecule has 2 rings (SSSR count). The predicted molar refractivity (Wildman–Crippen MR) is 152 cm³/mol. The summed E-state index contributed by atoms with van der Waals surface area (Å²) in [5.41, 5.74) is 3.11. The number of sulfonamides is 1. The van der Waals surface area contributed by atoms with Gasteiger partial charge in [0, 0.05) is 36.1 Å². The quantitative estimate of drug-likeness (QED) is 0.373. The molecule has 0 radical (unpaired) electrons. The highest BCUT2D eigenvalue weighted by Crippen LogP contribution is 2.26. The van der Waals surface area contributed by atoms with Gasteiger partial charge < -0.3 is 10.2 Å². The van der Waals surface area contributed by atoms with Crippen LogP contribution < -0.4 is 9.62 Å². The topological polar surface area (TPSA) is 86.8 Å². The zero-order valence-corrected chi connectivity index (χ0v) is 24.7. The molecule has 0 spiro atoms. The van der Waals surface area contributed by atoms with Crippen molar-refractivity contribution in [1.29, 1.82) is 0 Å². The van der Waals surface area contributed by atoms with E-state index >= 15 is 0 Å². The average Bonchev–Trinajstić information content (AvgIpc) is 2.80. The summed E-state index contributed by atoms with van der Waals surface area (Å²) in [5, 5.41) is 3.75. The zero-order chi connectivity index (χ0) is 27.9. The number of benzene rings is 2. The highest BCUT2D eigenvalue weighted by Gasteiger charge is 2.27. The highest BCUT2D eigenvalue weighted by molar-refractivity contribution is 7.92. The maximum Gasteiger partial charge on any atom is 0.242 e. The number of anilines is 1. The largest absolute Gasteiger partial charge is 0.354 e. The first kappa shape index (κ1) is 30.9. The fourth-order valence-corrected chi connectivity index (χ4v) is 5.34. The third-order valence-corrected chi connectivity index (χ3v) is 7.97. The molecule has 0 bridgehead atoms. The Hall–Kier alpha value is -2.29. The summed E-state index contributed by atoms with van der Waals surface area (Å²) in [6, 6.07) is 9.77. The zero-order valence-electron chi connectivity index (χ0n) is 22.3. The molecule has 0 aliphatic carbocycles. The van der Waals surface area contributed by atoms with Gasteiger partial charge in [0.25, 0.3) is 0 Å². The van der Waals surface area contributed by atoms with Gasteiger partial charge in [-0.05, 0) is 68.0 Å². The van der Waals surface area contributed by atoms with Crippen LogP contribution in [0.25, 0.3) is 0 Å². The summed E-state index contributed by atoms with van der Waals surface area (Å²) in [6.07, 6.45) is 1.50. The molecule has 7 nitrogen and oxygen atoms in total. The molecule has 0 aromatic heterocycles. The summed E-state index contributed by atoms with van der Waals surface area (Å²) in [7, 11) is -3.56. The molecular weight excluding hydrogens is 533 g/mol. The lowest BCUT2D eigenvalue weighted by Crippen LogP contribution is -2.48. The van der Waals surface area contributed by atoms with Crippen LogP contribution in [0.2, 0.25) is 10.0 Å². The van der Waals surface area contributed by atoms with Gasteiger partial charge in [0.2, 0.25) is 21.8 Å². The van der Waals surface area contributed by atoms with Crippen LogP contribution in [0, 0.1) is 19.8 Å². The van der Waals surface area contributed by atoms with E-state index in [0.29, 0.717) is 27.8 Å². The van der Waals surface area contributed by atoms with E-state index in [9.17, 15) is 18.0 Å². The van der Waals surface area contributed by atoms with Crippen LogP contribution in [0.5, 0.6) is 0 Å². The van der Waals surface area contributed by atoms with E-state index in [1.165, 1.54) is 9.21 Å². The molecule has 0 saturated carbocycles. The Morgan fingerprint density at radius 2 is 1.73 bits per heavy atom. The van der Waals surface area contributed by atoms with Gasteiger partial charge in [-0.3, -0.25) is 13.9 Å². The fraction of sp³-hybridized carbons (Fsp3) is 0.481. The number of hydrogen-bond acceptors (Lipinski definition) is 4. The minimum Gasteiger partial charge on any atom is -0.354 e. The maximum atomic E-state index is 13.4. The Morgan fingerprint density at radius 3 is 2.32 bits per heavy atom. The van der Waals surface area contributed by atoms with Gasteiger partial charge >= 0.3 is 0 Å². The van der Waals surface area contributed by atoms with Crippen LogP contribution in [-0.2, 0) is 26.2 Å². The number of rotatable bonds is 12. The van der Waals surface area contributed by atoms with Crippen molar-refractivity contribution in [3.8, 4) is 0 Å². The molecule has 0 aliphatic rings. The molecule has 2 amide bonds. The van der Waals surface area contributed by atoms with Crippen molar-refractivity contribution in [3.63, 3.8) is 0 Å². The van der Waals surface area contributed by atoms with Crippen LogP contribution in [0.4, 0.5) is 5.69 Å². The molecule has 1 atom stereocenters. The lowest BCUT2D eigenvalue weighted by Gasteiger charge is -2.30. The monoisotopic (exact) mass is 569 g/mol. The van der Waals surface area contributed by atoms with E-state index in [0.717, 1.165) is 17.4 Å². The molecular formula is C27H37Cl2N3O4S. The summed E-state index contributed by atoms with van der Waals surface area (Å²) in [4.78, 5) is 27.7. The lowest BCUT2D eigenvalue weighted by atomic mass is 10.1. The molecule has 0 saturated heterocycles. The summed E-state index contributed by atoms with van der Waals surface area (Å²) >= 11 is 12.4. The van der Waals surface area contributed by atoms with E-state index in [4.69, 9.17) is 23.2 Å². The minimum absolute atomic E-state index is 0.0594. The molecule has 0 unspecified atom stereocenters. The van der Waals surface area contributed by atoms with E-state index in [1.54, 1.807) is 31.2 Å². The fourth-order valence-electron chi connectivity index (χ4n) is 3.86. The highest BCUT2D eigenvalue weighted by atomic mass is 35.5. The second-order valence-electron chi connectivity index (χ2n) is 9.73. The van der Waals surface area contributed by atoms with E-state index in [1.807, 2.05) is 39.8 Å². The Bertz CT molecular complexity index is 1220. The molecule has 2 aromatic rings. The third kappa shape index (κ3) is 8.90. The molecule has 2 aromatic carbocycles. The molecule has 204 valence electrons. The summed E-state index contributed by atoms with van der Waals surface area (Å²) in [5.74, 6) is -0.272. The maximum absolute atomic E-state index is 13.4. The van der Waals surface area contributed by atoms with Crippen LogP contribution in [0.3, 0.4) is 0 Å². The van der Waals surface area contributed by atoms with Crippen LogP contribution >= 0.6 is 23.2 Å². The number of amides is 2. The Labute approximate surface area is 231 Å². The second-order valence-corrected chi connectivity index (χ2v) is 12.5. The SMILES string of the molecule is Cc1cccc(N(CCCC(=O)N(Cc2ccc(Cl)cc2Cl)[C@H](C)C(=O)NCC(C)C)S(C)(=O)=O)c1C. The molecule has 0 aliphatic heterocycles. The van der Waals surface area contributed by atoms with Crippen LogP contribution in [0.15, 0.2) is 36.4 Å². The molecule has 0 fully saturated rings. The number of nitrogens with one attached hydrogen (secondary N) is 1.